The summed E-state index contributed by atoms with van der Waals surface area (Å²) in [5.41, 5.74) is 1.22. The van der Waals surface area contributed by atoms with Crippen LogP contribution in [0.4, 0.5) is 20.3 Å². The van der Waals surface area contributed by atoms with E-state index < -0.39 is 17.5 Å². The Morgan fingerprint density at radius 2 is 1.85 bits per heavy atom. The van der Waals surface area contributed by atoms with Gasteiger partial charge in [0.2, 0.25) is 0 Å². The first-order valence-corrected chi connectivity index (χ1v) is 8.14. The topological polar surface area (TPSA) is 63.2 Å². The van der Waals surface area contributed by atoms with Crippen molar-refractivity contribution in [2.45, 2.75) is 6.54 Å². The van der Waals surface area contributed by atoms with Crippen molar-refractivity contribution in [3.63, 3.8) is 0 Å². The van der Waals surface area contributed by atoms with E-state index in [2.05, 4.69) is 15.6 Å². The molecule has 1 heterocycles. The van der Waals surface area contributed by atoms with Gasteiger partial charge in [-0.05, 0) is 42.0 Å². The highest BCUT2D eigenvalue weighted by atomic mass is 19.1. The first-order valence-electron chi connectivity index (χ1n) is 8.14. The third-order valence-corrected chi connectivity index (χ3v) is 3.83. The lowest BCUT2D eigenvalue weighted by Gasteiger charge is -2.09. The molecule has 0 aliphatic rings. The minimum atomic E-state index is -0.838. The molecule has 5 nitrogen and oxygen atoms in total. The Morgan fingerprint density at radius 1 is 1.07 bits per heavy atom. The van der Waals surface area contributed by atoms with Gasteiger partial charge in [0, 0.05) is 24.4 Å². The van der Waals surface area contributed by atoms with Crippen LogP contribution < -0.4 is 15.4 Å². The van der Waals surface area contributed by atoms with Gasteiger partial charge in [-0.25, -0.2) is 13.8 Å². The van der Waals surface area contributed by atoms with Crippen LogP contribution in [-0.2, 0) is 6.54 Å². The smallest absolute Gasteiger partial charge is 0.255 e. The predicted molar refractivity (Wildman–Crippen MR) is 98.9 cm³/mol. The number of aromatic nitrogens is 1. The molecule has 0 atom stereocenters. The molecular weight excluding hydrogens is 352 g/mol. The number of nitrogens with zero attached hydrogens (tertiary/aromatic N) is 1. The van der Waals surface area contributed by atoms with Gasteiger partial charge in [0.25, 0.3) is 5.91 Å². The fraction of sp³-hybridized carbons (Fsp3) is 0.100. The quantitative estimate of drug-likeness (QED) is 0.682. The van der Waals surface area contributed by atoms with Crippen LogP contribution in [0.15, 0.2) is 60.8 Å². The van der Waals surface area contributed by atoms with Crippen LogP contribution >= 0.6 is 0 Å². The molecule has 3 aromatic rings. The van der Waals surface area contributed by atoms with E-state index >= 15 is 0 Å². The molecule has 27 heavy (non-hydrogen) atoms. The summed E-state index contributed by atoms with van der Waals surface area (Å²) >= 11 is 0. The van der Waals surface area contributed by atoms with Crippen molar-refractivity contribution >= 4 is 17.4 Å². The number of methoxy groups -OCH3 is 1. The van der Waals surface area contributed by atoms with E-state index in [4.69, 9.17) is 4.74 Å². The van der Waals surface area contributed by atoms with Gasteiger partial charge in [-0.15, -0.1) is 0 Å². The van der Waals surface area contributed by atoms with Gasteiger partial charge >= 0.3 is 0 Å². The lowest BCUT2D eigenvalue weighted by atomic mass is 10.2. The van der Waals surface area contributed by atoms with Gasteiger partial charge in [0.1, 0.15) is 23.2 Å². The summed E-state index contributed by atoms with van der Waals surface area (Å²) in [5.74, 6) is -0.799. The molecule has 7 heteroatoms. The van der Waals surface area contributed by atoms with Crippen molar-refractivity contribution < 1.29 is 18.3 Å². The summed E-state index contributed by atoms with van der Waals surface area (Å²) in [5, 5.41) is 5.54. The lowest BCUT2D eigenvalue weighted by molar-refractivity contribution is 0.102. The van der Waals surface area contributed by atoms with E-state index in [1.165, 1.54) is 18.3 Å². The molecule has 138 valence electrons. The van der Waals surface area contributed by atoms with Gasteiger partial charge in [0.15, 0.2) is 0 Å². The molecule has 0 spiro atoms. The second-order valence-corrected chi connectivity index (χ2v) is 5.71. The Hall–Kier alpha value is -3.48. The van der Waals surface area contributed by atoms with Crippen molar-refractivity contribution in [1.82, 2.24) is 4.98 Å². The zero-order valence-electron chi connectivity index (χ0n) is 14.5. The third-order valence-electron chi connectivity index (χ3n) is 3.83. The second kappa shape index (κ2) is 8.27. The number of hydrogen-bond acceptors (Lipinski definition) is 4. The van der Waals surface area contributed by atoms with Crippen LogP contribution in [0.1, 0.15) is 15.9 Å². The van der Waals surface area contributed by atoms with Gasteiger partial charge in [0.05, 0.1) is 12.8 Å². The number of carbonyl (C=O) groups is 1. The second-order valence-electron chi connectivity index (χ2n) is 5.71. The summed E-state index contributed by atoms with van der Waals surface area (Å²) in [6, 6.07) is 13.6. The van der Waals surface area contributed by atoms with Crippen molar-refractivity contribution in [2.75, 3.05) is 17.7 Å². The summed E-state index contributed by atoms with van der Waals surface area (Å²) in [4.78, 5) is 16.5. The number of benzene rings is 2. The van der Waals surface area contributed by atoms with Gasteiger partial charge < -0.3 is 15.4 Å². The van der Waals surface area contributed by atoms with E-state index in [9.17, 15) is 13.6 Å². The molecule has 0 aliphatic heterocycles. The maximum atomic E-state index is 13.7. The number of nitrogens with one attached hydrogen (secondary N) is 2. The zero-order valence-corrected chi connectivity index (χ0v) is 14.5. The molecule has 0 saturated heterocycles. The van der Waals surface area contributed by atoms with Gasteiger partial charge in [-0.2, -0.15) is 0 Å². The maximum Gasteiger partial charge on any atom is 0.255 e. The van der Waals surface area contributed by atoms with Crippen LogP contribution in [-0.4, -0.2) is 18.0 Å². The first-order chi connectivity index (χ1) is 13.0. The predicted octanol–water partition coefficient (Wildman–Crippen LogP) is 4.23. The molecule has 0 unspecified atom stereocenters. The lowest BCUT2D eigenvalue weighted by Crippen LogP contribution is -2.14. The van der Waals surface area contributed by atoms with Crippen LogP contribution in [0, 0.1) is 11.6 Å². The molecule has 1 amide bonds. The zero-order chi connectivity index (χ0) is 19.2. The fourth-order valence-corrected chi connectivity index (χ4v) is 2.39. The van der Waals surface area contributed by atoms with Crippen LogP contribution in [0.3, 0.4) is 0 Å². The summed E-state index contributed by atoms with van der Waals surface area (Å²) < 4.78 is 31.7. The van der Waals surface area contributed by atoms with E-state index in [1.54, 1.807) is 13.2 Å². The fourth-order valence-electron chi connectivity index (χ4n) is 2.39. The highest BCUT2D eigenvalue weighted by Crippen LogP contribution is 2.17. The van der Waals surface area contributed by atoms with Crippen LogP contribution in [0.25, 0.3) is 0 Å². The van der Waals surface area contributed by atoms with Gasteiger partial charge in [-0.1, -0.05) is 12.1 Å². The summed E-state index contributed by atoms with van der Waals surface area (Å²) in [6.45, 7) is 0.509. The number of anilines is 2. The molecule has 0 radical (unpaired) electrons. The number of amides is 1. The Labute approximate surface area is 155 Å². The highest BCUT2D eigenvalue weighted by molar-refractivity contribution is 6.04. The Balaban J connectivity index is 1.66. The largest absolute Gasteiger partial charge is 0.497 e. The average Bonchev–Trinajstić information content (AvgIpc) is 2.69. The molecule has 3 rings (SSSR count). The number of halogens is 2. The van der Waals surface area contributed by atoms with Crippen molar-refractivity contribution in [3.8, 4) is 5.75 Å². The molecule has 2 aromatic carbocycles. The van der Waals surface area contributed by atoms with E-state index in [1.807, 2.05) is 24.3 Å². The average molecular weight is 369 g/mol. The normalized spacial score (nSPS) is 10.3. The number of carbonyl (C=O) groups excluding carboxylic acids is 1. The Kier molecular flexibility index (Phi) is 5.61. The van der Waals surface area contributed by atoms with Crippen molar-refractivity contribution in [1.29, 1.82) is 0 Å². The van der Waals surface area contributed by atoms with E-state index in [0.29, 0.717) is 24.0 Å². The van der Waals surface area contributed by atoms with Crippen molar-refractivity contribution in [3.05, 3.63) is 83.6 Å². The minimum absolute atomic E-state index is 0.0917. The standard InChI is InChI=1S/C20H17F2N3O2/c1-27-16-5-2-13(3-6-16)12-24-19-10-14(8-9-23-19)20(26)25-18-7-4-15(21)11-17(18)22/h2-11H,12H2,1H3,(H,23,24)(H,25,26). The van der Waals surface area contributed by atoms with Gasteiger partial charge in [-0.3, -0.25) is 4.79 Å². The van der Waals surface area contributed by atoms with E-state index in [0.717, 1.165) is 17.4 Å². The van der Waals surface area contributed by atoms with Crippen LogP contribution in [0.2, 0.25) is 0 Å². The molecule has 1 aromatic heterocycles. The molecule has 0 fully saturated rings. The molecule has 0 bridgehead atoms. The number of ether oxygens (including phenoxy) is 1. The molecule has 2 N–H and O–H groups in total. The number of hydrogen-bond donors (Lipinski definition) is 2. The Morgan fingerprint density at radius 3 is 2.56 bits per heavy atom. The summed E-state index contributed by atoms with van der Waals surface area (Å²) in [6.07, 6.45) is 1.48. The third kappa shape index (κ3) is 4.78. The Bertz CT molecular complexity index is 946. The first kappa shape index (κ1) is 18.3. The number of pyridine rings is 1. The SMILES string of the molecule is COc1ccc(CNc2cc(C(=O)Nc3ccc(F)cc3F)ccn2)cc1. The van der Waals surface area contributed by atoms with Crippen LogP contribution in [0.5, 0.6) is 5.75 Å². The summed E-state index contributed by atoms with van der Waals surface area (Å²) in [7, 11) is 1.60. The number of rotatable bonds is 6. The highest BCUT2D eigenvalue weighted by Gasteiger charge is 2.11. The molecular formula is C20H17F2N3O2. The maximum absolute atomic E-state index is 13.7. The minimum Gasteiger partial charge on any atom is -0.497 e. The van der Waals surface area contributed by atoms with Crippen molar-refractivity contribution in [2.24, 2.45) is 0 Å². The molecule has 0 aliphatic carbocycles. The monoisotopic (exact) mass is 369 g/mol. The van der Waals surface area contributed by atoms with E-state index in [-0.39, 0.29) is 5.69 Å². The molecule has 0 saturated carbocycles.